The summed E-state index contributed by atoms with van der Waals surface area (Å²) < 4.78 is 5.62. The van der Waals surface area contributed by atoms with E-state index in [1.54, 1.807) is 0 Å². The van der Waals surface area contributed by atoms with Gasteiger partial charge in [0.15, 0.2) is 0 Å². The smallest absolute Gasteiger partial charge is 0.119 e. The Labute approximate surface area is 185 Å². The van der Waals surface area contributed by atoms with Crippen molar-refractivity contribution in [2.24, 2.45) is 23.7 Å². The lowest BCUT2D eigenvalue weighted by Gasteiger charge is -2.31. The van der Waals surface area contributed by atoms with E-state index in [0.29, 0.717) is 0 Å². The first-order valence-corrected chi connectivity index (χ1v) is 12.7. The third-order valence-electron chi connectivity index (χ3n) is 7.41. The van der Waals surface area contributed by atoms with Gasteiger partial charge in [-0.2, -0.15) is 0 Å². The van der Waals surface area contributed by atoms with Crippen molar-refractivity contribution in [3.05, 3.63) is 42.0 Å². The quantitative estimate of drug-likeness (QED) is 0.395. The summed E-state index contributed by atoms with van der Waals surface area (Å²) in [4.78, 5) is 0. The molecule has 1 nitrogen and oxygen atoms in total. The highest BCUT2D eigenvalue weighted by molar-refractivity contribution is 5.40. The second-order valence-electron chi connectivity index (χ2n) is 9.65. The fraction of sp³-hybridized carbons (Fsp3) is 0.655. The van der Waals surface area contributed by atoms with Crippen molar-refractivity contribution in [1.82, 2.24) is 0 Å². The Balaban J connectivity index is 1.32. The summed E-state index contributed by atoms with van der Waals surface area (Å²) in [6, 6.07) is 8.12. The fourth-order valence-corrected chi connectivity index (χ4v) is 5.23. The van der Waals surface area contributed by atoms with Crippen LogP contribution in [0.15, 0.2) is 36.4 Å². The van der Waals surface area contributed by atoms with Gasteiger partial charge in [0.05, 0.1) is 6.61 Å². The Hall–Kier alpha value is -1.68. The average molecular weight is 407 g/mol. The molecule has 0 spiro atoms. The predicted molar refractivity (Wildman–Crippen MR) is 129 cm³/mol. The summed E-state index contributed by atoms with van der Waals surface area (Å²) in [7, 11) is 0. The Morgan fingerprint density at radius 2 is 1.43 bits per heavy atom. The summed E-state index contributed by atoms with van der Waals surface area (Å²) in [5.41, 5.74) is 1.06. The van der Waals surface area contributed by atoms with Crippen molar-refractivity contribution < 1.29 is 4.74 Å². The molecule has 0 bridgehead atoms. The van der Waals surface area contributed by atoms with E-state index in [1.807, 2.05) is 24.3 Å². The zero-order valence-electron chi connectivity index (χ0n) is 19.4. The molecule has 0 saturated heterocycles. The van der Waals surface area contributed by atoms with Crippen LogP contribution in [0.3, 0.4) is 0 Å². The lowest BCUT2D eigenvalue weighted by Crippen LogP contribution is -2.17. The maximum atomic E-state index is 5.62. The van der Waals surface area contributed by atoms with Crippen LogP contribution >= 0.6 is 0 Å². The van der Waals surface area contributed by atoms with Crippen molar-refractivity contribution in [3.63, 3.8) is 0 Å². The van der Waals surface area contributed by atoms with Gasteiger partial charge >= 0.3 is 0 Å². The average Bonchev–Trinajstić information content (AvgIpc) is 2.81. The molecule has 2 saturated carbocycles. The molecule has 0 radical (unpaired) electrons. The van der Waals surface area contributed by atoms with Gasteiger partial charge in [-0.25, -0.2) is 0 Å². The molecule has 2 aliphatic carbocycles. The Morgan fingerprint density at radius 3 is 2.03 bits per heavy atom. The minimum Gasteiger partial charge on any atom is -0.494 e. The van der Waals surface area contributed by atoms with E-state index in [4.69, 9.17) is 4.74 Å². The van der Waals surface area contributed by atoms with E-state index in [2.05, 4.69) is 37.8 Å². The van der Waals surface area contributed by atoms with Gasteiger partial charge < -0.3 is 4.74 Å². The molecule has 30 heavy (non-hydrogen) atoms. The molecule has 1 heteroatoms. The Morgan fingerprint density at radius 1 is 0.833 bits per heavy atom. The van der Waals surface area contributed by atoms with Crippen LogP contribution in [0.25, 0.3) is 0 Å². The standard InChI is InChI=1S/C29H42O/c1-3-23-30-29-21-19-26(20-22-29)8-6-5-7-25-13-15-28(16-14-25)18-17-27-11-9-24(4-2)10-12-27/h5,7,19-22,24-25,27-28H,3-4,9-18,23H2,1-2H3. The molecule has 1 aromatic rings. The van der Waals surface area contributed by atoms with Gasteiger partial charge in [0, 0.05) is 5.56 Å². The third-order valence-corrected chi connectivity index (χ3v) is 7.41. The molecule has 0 unspecified atom stereocenters. The highest BCUT2D eigenvalue weighted by Gasteiger charge is 2.23. The molecule has 2 aliphatic rings. The minimum absolute atomic E-state index is 0.736. The number of allylic oxidation sites excluding steroid dienone is 2. The second-order valence-corrected chi connectivity index (χ2v) is 9.65. The largest absolute Gasteiger partial charge is 0.494 e. The fourth-order valence-electron chi connectivity index (χ4n) is 5.23. The van der Waals surface area contributed by atoms with Gasteiger partial charge in [0.2, 0.25) is 0 Å². The van der Waals surface area contributed by atoms with E-state index in [-0.39, 0.29) is 0 Å². The molecule has 0 atom stereocenters. The van der Waals surface area contributed by atoms with Crippen LogP contribution in [0.4, 0.5) is 0 Å². The lowest BCUT2D eigenvalue weighted by atomic mass is 9.75. The Bertz CT molecular complexity index is 673. The minimum atomic E-state index is 0.736. The monoisotopic (exact) mass is 406 g/mol. The molecular formula is C29H42O. The number of hydrogen-bond acceptors (Lipinski definition) is 1. The molecular weight excluding hydrogens is 364 g/mol. The number of ether oxygens (including phenoxy) is 1. The van der Waals surface area contributed by atoms with Crippen LogP contribution in [-0.4, -0.2) is 6.61 Å². The van der Waals surface area contributed by atoms with E-state index >= 15 is 0 Å². The van der Waals surface area contributed by atoms with E-state index < -0.39 is 0 Å². The van der Waals surface area contributed by atoms with Crippen LogP contribution < -0.4 is 4.74 Å². The van der Waals surface area contributed by atoms with Crippen LogP contribution in [0.1, 0.15) is 96.5 Å². The molecule has 0 aliphatic heterocycles. The maximum Gasteiger partial charge on any atom is 0.119 e. The molecule has 1 aromatic carbocycles. The van der Waals surface area contributed by atoms with Gasteiger partial charge in [0.25, 0.3) is 0 Å². The molecule has 2 fully saturated rings. The summed E-state index contributed by atoms with van der Waals surface area (Å²) in [6.45, 7) is 5.26. The van der Waals surface area contributed by atoms with Crippen molar-refractivity contribution >= 4 is 0 Å². The highest BCUT2D eigenvalue weighted by Crippen LogP contribution is 2.37. The van der Waals surface area contributed by atoms with E-state index in [1.165, 1.54) is 70.6 Å². The predicted octanol–water partition coefficient (Wildman–Crippen LogP) is 8.19. The molecule has 0 aromatic heterocycles. The zero-order valence-corrected chi connectivity index (χ0v) is 19.4. The van der Waals surface area contributed by atoms with Crippen LogP contribution in [0.5, 0.6) is 5.75 Å². The zero-order chi connectivity index (χ0) is 21.0. The third kappa shape index (κ3) is 7.86. The molecule has 0 heterocycles. The molecule has 164 valence electrons. The van der Waals surface area contributed by atoms with Gasteiger partial charge in [-0.1, -0.05) is 76.7 Å². The highest BCUT2D eigenvalue weighted by atomic mass is 16.5. The SMILES string of the molecule is CCCOc1ccc(C#CC=CC2CCC(CCC3CCC(CC)CC3)CC2)cc1. The topological polar surface area (TPSA) is 9.23 Å². The normalized spacial score (nSPS) is 26.9. The first-order valence-electron chi connectivity index (χ1n) is 12.7. The van der Waals surface area contributed by atoms with E-state index in [9.17, 15) is 0 Å². The number of rotatable bonds is 8. The second kappa shape index (κ2) is 12.9. The summed E-state index contributed by atoms with van der Waals surface area (Å²) in [6.07, 6.45) is 21.4. The van der Waals surface area contributed by atoms with Crippen LogP contribution in [-0.2, 0) is 0 Å². The molecule has 0 N–H and O–H groups in total. The maximum absolute atomic E-state index is 5.62. The van der Waals surface area contributed by atoms with Crippen molar-refractivity contribution in [1.29, 1.82) is 0 Å². The van der Waals surface area contributed by atoms with Crippen molar-refractivity contribution in [2.45, 2.75) is 90.9 Å². The van der Waals surface area contributed by atoms with Gasteiger partial charge in [0.1, 0.15) is 5.75 Å². The summed E-state index contributed by atoms with van der Waals surface area (Å²) in [5.74, 6) is 11.2. The molecule has 3 rings (SSSR count). The van der Waals surface area contributed by atoms with Crippen LogP contribution in [0, 0.1) is 35.5 Å². The first-order chi connectivity index (χ1) is 14.8. The van der Waals surface area contributed by atoms with Crippen LogP contribution in [0.2, 0.25) is 0 Å². The van der Waals surface area contributed by atoms with Gasteiger partial charge in [-0.15, -0.1) is 0 Å². The van der Waals surface area contributed by atoms with Gasteiger partial charge in [-0.3, -0.25) is 0 Å². The Kier molecular flexibility index (Phi) is 9.88. The summed E-state index contributed by atoms with van der Waals surface area (Å²) in [5, 5.41) is 0. The number of hydrogen-bond donors (Lipinski definition) is 0. The van der Waals surface area contributed by atoms with E-state index in [0.717, 1.165) is 48.0 Å². The van der Waals surface area contributed by atoms with Crippen molar-refractivity contribution in [3.8, 4) is 17.6 Å². The van der Waals surface area contributed by atoms with Crippen molar-refractivity contribution in [2.75, 3.05) is 6.61 Å². The molecule has 0 amide bonds. The lowest BCUT2D eigenvalue weighted by molar-refractivity contribution is 0.224. The number of benzene rings is 1. The summed E-state index contributed by atoms with van der Waals surface area (Å²) >= 11 is 0. The first kappa shape index (κ1) is 23.0. The van der Waals surface area contributed by atoms with Gasteiger partial charge in [-0.05, 0) is 86.1 Å².